The molecular formula is C17H15ClF4N2O4S2. The second kappa shape index (κ2) is 7.98. The monoisotopic (exact) mass is 486 g/mol. The van der Waals surface area contributed by atoms with Gasteiger partial charge < -0.3 is 0 Å². The zero-order chi connectivity index (χ0) is 22.3. The van der Waals surface area contributed by atoms with E-state index >= 15 is 0 Å². The molecule has 0 aromatic heterocycles. The van der Waals surface area contributed by atoms with E-state index in [4.69, 9.17) is 11.6 Å². The highest BCUT2D eigenvalue weighted by Crippen LogP contribution is 2.34. The molecule has 1 saturated heterocycles. The lowest BCUT2D eigenvalue weighted by Gasteiger charge is -2.17. The normalized spacial score (nSPS) is 16.0. The van der Waals surface area contributed by atoms with Gasteiger partial charge in [-0.2, -0.15) is 17.5 Å². The van der Waals surface area contributed by atoms with Crippen molar-refractivity contribution in [2.24, 2.45) is 0 Å². The minimum absolute atomic E-state index is 0.133. The number of rotatable bonds is 5. The van der Waals surface area contributed by atoms with Crippen LogP contribution in [0, 0.1) is 5.82 Å². The van der Waals surface area contributed by atoms with Gasteiger partial charge in [0.15, 0.2) is 0 Å². The summed E-state index contributed by atoms with van der Waals surface area (Å²) in [6.07, 6.45) is -3.74. The summed E-state index contributed by atoms with van der Waals surface area (Å²) < 4.78 is 106. The van der Waals surface area contributed by atoms with Crippen molar-refractivity contribution in [1.82, 2.24) is 4.31 Å². The molecule has 0 radical (unpaired) electrons. The molecule has 1 N–H and O–H groups in total. The number of alkyl halides is 3. The third-order valence-electron chi connectivity index (χ3n) is 4.42. The molecule has 1 heterocycles. The molecular weight excluding hydrogens is 472 g/mol. The van der Waals surface area contributed by atoms with Gasteiger partial charge in [0.1, 0.15) is 10.7 Å². The molecule has 164 valence electrons. The van der Waals surface area contributed by atoms with Crippen molar-refractivity contribution in [3.05, 3.63) is 52.8 Å². The summed E-state index contributed by atoms with van der Waals surface area (Å²) >= 11 is 5.99. The molecule has 0 atom stereocenters. The molecule has 0 unspecified atom stereocenters. The molecule has 1 aliphatic heterocycles. The van der Waals surface area contributed by atoms with Crippen LogP contribution in [0.15, 0.2) is 46.2 Å². The lowest BCUT2D eigenvalue weighted by molar-refractivity contribution is -0.140. The van der Waals surface area contributed by atoms with Crippen LogP contribution < -0.4 is 4.72 Å². The van der Waals surface area contributed by atoms with Gasteiger partial charge in [-0.25, -0.2) is 21.2 Å². The van der Waals surface area contributed by atoms with Crippen LogP contribution >= 0.6 is 11.6 Å². The van der Waals surface area contributed by atoms with Crippen LogP contribution in [0.25, 0.3) is 0 Å². The quantitative estimate of drug-likeness (QED) is 0.645. The van der Waals surface area contributed by atoms with E-state index < -0.39 is 42.5 Å². The van der Waals surface area contributed by atoms with Crippen LogP contribution in [-0.2, 0) is 26.2 Å². The van der Waals surface area contributed by atoms with Gasteiger partial charge in [-0.05, 0) is 49.2 Å². The third-order valence-corrected chi connectivity index (χ3v) is 8.18. The molecule has 0 amide bonds. The number of anilines is 1. The van der Waals surface area contributed by atoms with E-state index in [2.05, 4.69) is 0 Å². The maximum absolute atomic E-state index is 13.4. The van der Waals surface area contributed by atoms with E-state index in [1.807, 2.05) is 4.72 Å². The van der Waals surface area contributed by atoms with Crippen molar-refractivity contribution in [3.63, 3.8) is 0 Å². The van der Waals surface area contributed by atoms with E-state index in [0.717, 1.165) is 18.2 Å². The Balaban J connectivity index is 1.97. The predicted molar refractivity (Wildman–Crippen MR) is 102 cm³/mol. The van der Waals surface area contributed by atoms with Crippen molar-refractivity contribution in [2.45, 2.75) is 28.8 Å². The van der Waals surface area contributed by atoms with Gasteiger partial charge in [-0.1, -0.05) is 11.6 Å². The van der Waals surface area contributed by atoms with E-state index in [9.17, 15) is 34.4 Å². The summed E-state index contributed by atoms with van der Waals surface area (Å²) in [5.74, 6) is -1.62. The summed E-state index contributed by atoms with van der Waals surface area (Å²) in [6, 6.07) is 4.54. The summed E-state index contributed by atoms with van der Waals surface area (Å²) in [5.41, 5.74) is -1.96. The van der Waals surface area contributed by atoms with Gasteiger partial charge in [0, 0.05) is 13.1 Å². The van der Waals surface area contributed by atoms with Crippen molar-refractivity contribution in [1.29, 1.82) is 0 Å². The average molecular weight is 487 g/mol. The third kappa shape index (κ3) is 4.56. The fourth-order valence-electron chi connectivity index (χ4n) is 2.93. The zero-order valence-electron chi connectivity index (χ0n) is 15.1. The van der Waals surface area contributed by atoms with E-state index in [0.29, 0.717) is 38.1 Å². The Labute approximate surface area is 175 Å². The molecule has 0 saturated carbocycles. The van der Waals surface area contributed by atoms with Crippen molar-refractivity contribution in [3.8, 4) is 0 Å². The number of benzene rings is 2. The molecule has 3 rings (SSSR count). The van der Waals surface area contributed by atoms with Gasteiger partial charge in [-0.15, -0.1) is 0 Å². The van der Waals surface area contributed by atoms with Crippen LogP contribution in [0.3, 0.4) is 0 Å². The maximum atomic E-state index is 13.4. The maximum Gasteiger partial charge on any atom is 0.419 e. The fourth-order valence-corrected chi connectivity index (χ4v) is 6.03. The van der Waals surface area contributed by atoms with E-state index in [-0.39, 0.29) is 21.7 Å². The van der Waals surface area contributed by atoms with E-state index in [1.165, 1.54) is 4.31 Å². The first-order valence-corrected chi connectivity index (χ1v) is 11.8. The second-order valence-electron chi connectivity index (χ2n) is 6.50. The molecule has 0 bridgehead atoms. The Morgan fingerprint density at radius 3 is 2.20 bits per heavy atom. The molecule has 0 spiro atoms. The molecule has 13 heteroatoms. The number of nitrogens with one attached hydrogen (secondary N) is 1. The molecule has 0 aliphatic carbocycles. The highest BCUT2D eigenvalue weighted by Gasteiger charge is 2.35. The first-order valence-electron chi connectivity index (χ1n) is 8.52. The smallest absolute Gasteiger partial charge is 0.280 e. The van der Waals surface area contributed by atoms with Gasteiger partial charge in [0.05, 0.1) is 21.2 Å². The van der Waals surface area contributed by atoms with Crippen molar-refractivity contribution >= 4 is 37.3 Å². The van der Waals surface area contributed by atoms with Crippen LogP contribution in [0.2, 0.25) is 5.02 Å². The standard InChI is InChI=1S/C17H15ClF4N2O4S2/c18-14-5-3-11(9-16(14)30(27,28)24-7-1-2-8-24)23-29(25,26)12-4-6-15(19)13(10-12)17(20,21)22/h3-6,9-10,23H,1-2,7-8H2. The first-order chi connectivity index (χ1) is 13.8. The number of nitrogens with zero attached hydrogens (tertiary/aromatic N) is 1. The van der Waals surface area contributed by atoms with Crippen molar-refractivity contribution in [2.75, 3.05) is 17.8 Å². The summed E-state index contributed by atoms with van der Waals surface area (Å²) in [6.45, 7) is 0.592. The minimum atomic E-state index is -5.09. The number of hydrogen-bond donors (Lipinski definition) is 1. The lowest BCUT2D eigenvalue weighted by Crippen LogP contribution is -2.28. The SMILES string of the molecule is O=S(=O)(Nc1ccc(Cl)c(S(=O)(=O)N2CCCC2)c1)c1ccc(F)c(C(F)(F)F)c1. The molecule has 1 fully saturated rings. The van der Waals surface area contributed by atoms with Gasteiger partial charge >= 0.3 is 6.18 Å². The second-order valence-corrected chi connectivity index (χ2v) is 10.5. The summed E-state index contributed by atoms with van der Waals surface area (Å²) in [5, 5.41) is -0.133. The topological polar surface area (TPSA) is 83.5 Å². The van der Waals surface area contributed by atoms with Gasteiger partial charge in [0.25, 0.3) is 10.0 Å². The highest BCUT2D eigenvalue weighted by molar-refractivity contribution is 7.92. The molecule has 2 aromatic rings. The average Bonchev–Trinajstić information content (AvgIpc) is 3.18. The van der Waals surface area contributed by atoms with Gasteiger partial charge in [-0.3, -0.25) is 4.72 Å². The Bertz CT molecular complexity index is 1180. The predicted octanol–water partition coefficient (Wildman–Crippen LogP) is 4.08. The van der Waals surface area contributed by atoms with Gasteiger partial charge in [0.2, 0.25) is 10.0 Å². The molecule has 1 aliphatic rings. The van der Waals surface area contributed by atoms with Crippen LogP contribution in [0.1, 0.15) is 18.4 Å². The molecule has 30 heavy (non-hydrogen) atoms. The molecule has 6 nitrogen and oxygen atoms in total. The Kier molecular flexibility index (Phi) is 6.07. The summed E-state index contributed by atoms with van der Waals surface area (Å²) in [4.78, 5) is -1.17. The number of hydrogen-bond acceptors (Lipinski definition) is 4. The van der Waals surface area contributed by atoms with Crippen LogP contribution in [0.4, 0.5) is 23.2 Å². The molecule has 2 aromatic carbocycles. The largest absolute Gasteiger partial charge is 0.419 e. The zero-order valence-corrected chi connectivity index (χ0v) is 17.5. The fraction of sp³-hybridized carbons (Fsp3) is 0.294. The van der Waals surface area contributed by atoms with Crippen molar-refractivity contribution < 1.29 is 34.4 Å². The minimum Gasteiger partial charge on any atom is -0.280 e. The summed E-state index contributed by atoms with van der Waals surface area (Å²) in [7, 11) is -8.55. The first kappa shape index (κ1) is 22.8. The highest BCUT2D eigenvalue weighted by atomic mass is 35.5. The lowest BCUT2D eigenvalue weighted by atomic mass is 10.2. The van der Waals surface area contributed by atoms with Crippen LogP contribution in [0.5, 0.6) is 0 Å². The van der Waals surface area contributed by atoms with Crippen LogP contribution in [-0.4, -0.2) is 34.2 Å². The number of halogens is 5. The Morgan fingerprint density at radius 1 is 0.967 bits per heavy atom. The van der Waals surface area contributed by atoms with E-state index in [1.54, 1.807) is 0 Å². The Hall–Kier alpha value is -1.89. The Morgan fingerprint density at radius 2 is 1.60 bits per heavy atom. The number of sulfonamides is 2.